The van der Waals surface area contributed by atoms with Crippen LogP contribution >= 0.6 is 10.2 Å². The van der Waals surface area contributed by atoms with Gasteiger partial charge in [0.05, 0.1) is 6.42 Å². The summed E-state index contributed by atoms with van der Waals surface area (Å²) in [6.07, 6.45) is 4.44. The van der Waals surface area contributed by atoms with Gasteiger partial charge in [-0.3, -0.25) is 9.79 Å². The number of aliphatic imine (C=N–C) groups is 1. The zero-order chi connectivity index (χ0) is 22.9. The maximum absolute atomic E-state index is 11.9. The molecule has 1 amide bonds. The van der Waals surface area contributed by atoms with Crippen molar-refractivity contribution in [2.45, 2.75) is 63.5 Å². The lowest BCUT2D eigenvalue weighted by atomic mass is 10.1. The van der Waals surface area contributed by atoms with Crippen LogP contribution in [-0.4, -0.2) is 53.8 Å². The van der Waals surface area contributed by atoms with Gasteiger partial charge in [0, 0.05) is 17.5 Å². The molecule has 0 saturated heterocycles. The number of hydrogen-bond donors (Lipinski definition) is 4. The summed E-state index contributed by atoms with van der Waals surface area (Å²) < 4.78 is 8.50. The lowest BCUT2D eigenvalue weighted by Gasteiger charge is -2.33. The molecule has 1 atom stereocenters. The first kappa shape index (κ1) is 25.6. The number of rotatable bonds is 9. The van der Waals surface area contributed by atoms with Crippen molar-refractivity contribution in [3.63, 3.8) is 0 Å². The number of nitrogens with two attached hydrogens (primary N) is 1. The number of carboxylic acids is 1. The number of benzene rings is 1. The third-order valence-electron chi connectivity index (χ3n) is 4.10. The van der Waals surface area contributed by atoms with Crippen LogP contribution in [0.1, 0.15) is 45.6 Å². The van der Waals surface area contributed by atoms with E-state index in [1.54, 1.807) is 20.8 Å². The number of guanidine groups is 1. The molecule has 0 fully saturated rings. The van der Waals surface area contributed by atoms with E-state index < -0.39 is 33.9 Å². The van der Waals surface area contributed by atoms with E-state index in [1.165, 1.54) is 10.5 Å². The summed E-state index contributed by atoms with van der Waals surface area (Å²) in [5.41, 5.74) is 6.61. The second-order valence-corrected chi connectivity index (χ2v) is 11.9. The van der Waals surface area contributed by atoms with E-state index in [0.717, 1.165) is 0 Å². The van der Waals surface area contributed by atoms with Crippen LogP contribution in [0.4, 0.5) is 4.79 Å². The van der Waals surface area contributed by atoms with Crippen LogP contribution < -0.4 is 15.8 Å². The van der Waals surface area contributed by atoms with Crippen LogP contribution in [0, 0.1) is 6.92 Å². The first-order valence-corrected chi connectivity index (χ1v) is 12.3. The largest absolute Gasteiger partial charge is 0.481 e. The van der Waals surface area contributed by atoms with E-state index in [1.807, 2.05) is 6.92 Å². The molecular weight excluding hydrogens is 404 g/mol. The summed E-state index contributed by atoms with van der Waals surface area (Å²) >= 11 is 0. The molecule has 30 heavy (non-hydrogen) atoms. The van der Waals surface area contributed by atoms with Crippen molar-refractivity contribution in [3.05, 3.63) is 29.8 Å². The average Bonchev–Trinajstić information content (AvgIpc) is 2.56. The van der Waals surface area contributed by atoms with Crippen LogP contribution in [0.3, 0.4) is 0 Å². The Balaban J connectivity index is 2.56. The molecule has 1 aromatic carbocycles. The molecule has 0 aliphatic heterocycles. The number of nitrogens with one attached hydrogen (secondary N) is 2. The number of ether oxygens (including phenoxy) is 1. The molecule has 170 valence electrons. The summed E-state index contributed by atoms with van der Waals surface area (Å²) in [5, 5.41) is 11.7. The van der Waals surface area contributed by atoms with Crippen molar-refractivity contribution >= 4 is 28.2 Å². The molecule has 0 aliphatic carbocycles. The van der Waals surface area contributed by atoms with Gasteiger partial charge in [-0.15, -0.1) is 10.2 Å². The standard InChI is InChI=1S/C21H36N4O4S/c1-15-9-11-17(12-10-15)30(5,6)25-19(22)23-13-7-8-16(14-18(26)27)24-20(28)29-21(2,3)4/h9-12,16H,7-8,13-14H2,1-6H3,(H,24,28)(H,26,27)(H3,22,23,25)/t16-/m0/s1. The molecule has 0 aromatic heterocycles. The SMILES string of the molecule is Cc1ccc(S(C)(C)NC(N)=NCCC[C@@H](CC(=O)O)NC(=O)OC(C)(C)C)cc1. The number of carbonyl (C=O) groups excluding carboxylic acids is 1. The Morgan fingerprint density at radius 3 is 2.37 bits per heavy atom. The second-order valence-electron chi connectivity index (χ2n) is 8.59. The fraction of sp³-hybridized carbons (Fsp3) is 0.571. The highest BCUT2D eigenvalue weighted by Gasteiger charge is 2.21. The minimum Gasteiger partial charge on any atom is -0.481 e. The van der Waals surface area contributed by atoms with Crippen molar-refractivity contribution in [2.75, 3.05) is 19.1 Å². The third kappa shape index (κ3) is 10.4. The Labute approximate surface area is 181 Å². The highest BCUT2D eigenvalue weighted by Crippen LogP contribution is 2.44. The summed E-state index contributed by atoms with van der Waals surface area (Å²) in [4.78, 5) is 28.5. The van der Waals surface area contributed by atoms with Crippen molar-refractivity contribution < 1.29 is 19.4 Å². The first-order chi connectivity index (χ1) is 13.8. The number of carbonyl (C=O) groups is 2. The van der Waals surface area contributed by atoms with Gasteiger partial charge in [0.2, 0.25) is 0 Å². The molecule has 0 heterocycles. The molecule has 0 bridgehead atoms. The summed E-state index contributed by atoms with van der Waals surface area (Å²) in [5.74, 6) is -0.630. The third-order valence-corrected chi connectivity index (χ3v) is 6.27. The Morgan fingerprint density at radius 2 is 1.83 bits per heavy atom. The molecule has 1 aromatic rings. The smallest absolute Gasteiger partial charge is 0.407 e. The van der Waals surface area contributed by atoms with Crippen molar-refractivity contribution in [1.82, 2.24) is 10.0 Å². The molecule has 9 heteroatoms. The Kier molecular flexibility index (Phi) is 9.48. The van der Waals surface area contributed by atoms with Gasteiger partial charge in [-0.05, 0) is 65.2 Å². The van der Waals surface area contributed by atoms with Gasteiger partial charge in [0.25, 0.3) is 0 Å². The van der Waals surface area contributed by atoms with Crippen LogP contribution in [-0.2, 0) is 9.53 Å². The van der Waals surface area contributed by atoms with E-state index in [0.29, 0.717) is 25.3 Å². The monoisotopic (exact) mass is 440 g/mol. The maximum Gasteiger partial charge on any atom is 0.407 e. The van der Waals surface area contributed by atoms with Gasteiger partial charge in [0.15, 0.2) is 5.96 Å². The van der Waals surface area contributed by atoms with Crippen LogP contribution in [0.5, 0.6) is 0 Å². The fourth-order valence-electron chi connectivity index (χ4n) is 2.68. The van der Waals surface area contributed by atoms with Crippen molar-refractivity contribution in [1.29, 1.82) is 0 Å². The van der Waals surface area contributed by atoms with Gasteiger partial charge < -0.3 is 25.6 Å². The molecule has 0 aliphatic rings. The molecule has 0 unspecified atom stereocenters. The van der Waals surface area contributed by atoms with E-state index >= 15 is 0 Å². The lowest BCUT2D eigenvalue weighted by Crippen LogP contribution is -2.40. The van der Waals surface area contributed by atoms with Crippen molar-refractivity contribution in [2.24, 2.45) is 10.7 Å². The Morgan fingerprint density at radius 1 is 1.23 bits per heavy atom. The van der Waals surface area contributed by atoms with E-state index in [-0.39, 0.29) is 6.42 Å². The zero-order valence-corrected chi connectivity index (χ0v) is 19.6. The molecule has 1 rings (SSSR count). The van der Waals surface area contributed by atoms with Crippen molar-refractivity contribution in [3.8, 4) is 0 Å². The van der Waals surface area contributed by atoms with Gasteiger partial charge in [0.1, 0.15) is 5.60 Å². The number of carboxylic acid groups (broad SMARTS) is 1. The molecule has 8 nitrogen and oxygen atoms in total. The first-order valence-electron chi connectivity index (χ1n) is 9.87. The predicted molar refractivity (Wildman–Crippen MR) is 123 cm³/mol. The maximum atomic E-state index is 11.9. The number of aryl methyl sites for hydroxylation is 1. The van der Waals surface area contributed by atoms with Gasteiger partial charge >= 0.3 is 12.1 Å². The number of aliphatic carboxylic acids is 1. The predicted octanol–water partition coefficient (Wildman–Crippen LogP) is 3.39. The molecule has 0 radical (unpaired) electrons. The average molecular weight is 441 g/mol. The van der Waals surface area contributed by atoms with Crippen LogP contribution in [0.15, 0.2) is 34.2 Å². The Bertz CT molecular complexity index is 742. The summed E-state index contributed by atoms with van der Waals surface area (Å²) in [6.45, 7) is 7.73. The normalized spacial score (nSPS) is 14.0. The number of nitrogens with zero attached hydrogens (tertiary/aromatic N) is 1. The Hall–Kier alpha value is -2.42. The summed E-state index contributed by atoms with van der Waals surface area (Å²) in [7, 11) is -1.34. The molecule has 5 N–H and O–H groups in total. The highest BCUT2D eigenvalue weighted by atomic mass is 32.3. The summed E-state index contributed by atoms with van der Waals surface area (Å²) in [6, 6.07) is 7.78. The fourth-order valence-corrected chi connectivity index (χ4v) is 4.20. The topological polar surface area (TPSA) is 126 Å². The quantitative estimate of drug-likeness (QED) is 0.265. The molecular formula is C21H36N4O4S. The van der Waals surface area contributed by atoms with E-state index in [9.17, 15) is 9.59 Å². The van der Waals surface area contributed by atoms with Gasteiger partial charge in [-0.2, -0.15) is 0 Å². The number of alkyl carbamates (subject to hydrolysis) is 1. The minimum atomic E-state index is -1.34. The van der Waals surface area contributed by atoms with Gasteiger partial charge in [-0.1, -0.05) is 17.7 Å². The van der Waals surface area contributed by atoms with Crippen LogP contribution in [0.25, 0.3) is 0 Å². The molecule has 0 spiro atoms. The molecule has 0 saturated carbocycles. The van der Waals surface area contributed by atoms with Gasteiger partial charge in [-0.25, -0.2) is 4.79 Å². The highest BCUT2D eigenvalue weighted by molar-refractivity contribution is 8.31. The van der Waals surface area contributed by atoms with E-state index in [4.69, 9.17) is 15.6 Å². The lowest BCUT2D eigenvalue weighted by molar-refractivity contribution is -0.137. The minimum absolute atomic E-state index is 0.179. The second kappa shape index (κ2) is 11.1. The van der Waals surface area contributed by atoms with E-state index in [2.05, 4.69) is 51.8 Å². The number of amides is 1. The van der Waals surface area contributed by atoms with Crippen LogP contribution in [0.2, 0.25) is 0 Å². The zero-order valence-electron chi connectivity index (χ0n) is 18.8. The number of hydrogen-bond acceptors (Lipinski definition) is 4.